The normalized spacial score (nSPS) is 11.3. The summed E-state index contributed by atoms with van der Waals surface area (Å²) in [6.45, 7) is 9.93. The molecule has 0 aliphatic carbocycles. The van der Waals surface area contributed by atoms with E-state index < -0.39 is 0 Å². The van der Waals surface area contributed by atoms with Crippen LogP contribution in [0.2, 0.25) is 0 Å². The van der Waals surface area contributed by atoms with Gasteiger partial charge in [-0.05, 0) is 23.5 Å². The molecular weight excluding hydrogens is 224 g/mol. The Morgan fingerprint density at radius 3 is 2.39 bits per heavy atom. The van der Waals surface area contributed by atoms with Crippen LogP contribution in [0.1, 0.15) is 57.7 Å². The van der Waals surface area contributed by atoms with Gasteiger partial charge in [0.05, 0.1) is 6.61 Å². The molecule has 0 aromatic carbocycles. The third kappa shape index (κ3) is 4.30. The fourth-order valence-corrected chi connectivity index (χ4v) is 1.80. The Bertz CT molecular complexity index is 360. The van der Waals surface area contributed by atoms with Gasteiger partial charge in [-0.15, -0.1) is 0 Å². The molecule has 0 fully saturated rings. The third-order valence-corrected chi connectivity index (χ3v) is 3.33. The summed E-state index contributed by atoms with van der Waals surface area (Å²) in [5, 5.41) is 0. The second-order valence-electron chi connectivity index (χ2n) is 5.09. The van der Waals surface area contributed by atoms with E-state index in [0.29, 0.717) is 24.3 Å². The molecule has 0 unspecified atom stereocenters. The van der Waals surface area contributed by atoms with Crippen molar-refractivity contribution < 1.29 is 4.74 Å². The molecule has 0 bridgehead atoms. The van der Waals surface area contributed by atoms with Gasteiger partial charge in [0, 0.05) is 18.3 Å². The first-order valence-electron chi connectivity index (χ1n) is 6.94. The highest BCUT2D eigenvalue weighted by molar-refractivity contribution is 5.26. The largest absolute Gasteiger partial charge is 0.477 e. The van der Waals surface area contributed by atoms with Crippen LogP contribution >= 0.6 is 0 Å². The van der Waals surface area contributed by atoms with E-state index in [9.17, 15) is 0 Å². The summed E-state index contributed by atoms with van der Waals surface area (Å²) in [6.07, 6.45) is 2.29. The molecule has 18 heavy (non-hydrogen) atoms. The second-order valence-corrected chi connectivity index (χ2v) is 5.09. The predicted octanol–water partition coefficient (Wildman–Crippen LogP) is 3.48. The molecule has 0 saturated heterocycles. The fraction of sp³-hybridized carbons (Fsp3) is 0.667. The first kappa shape index (κ1) is 15.0. The summed E-state index contributed by atoms with van der Waals surface area (Å²) in [6, 6.07) is 4.02. The monoisotopic (exact) mass is 250 g/mol. The van der Waals surface area contributed by atoms with E-state index in [-0.39, 0.29) is 0 Å². The van der Waals surface area contributed by atoms with E-state index >= 15 is 0 Å². The number of nitrogens with two attached hydrogens (primary N) is 1. The Morgan fingerprint density at radius 1 is 1.22 bits per heavy atom. The molecular formula is C15H26N2O. The van der Waals surface area contributed by atoms with Gasteiger partial charge in [0.2, 0.25) is 5.88 Å². The lowest BCUT2D eigenvalue weighted by molar-refractivity contribution is 0.232. The van der Waals surface area contributed by atoms with Crippen molar-refractivity contribution in [3.63, 3.8) is 0 Å². The molecule has 1 aromatic heterocycles. The van der Waals surface area contributed by atoms with Crippen LogP contribution in [0, 0.1) is 5.92 Å². The topological polar surface area (TPSA) is 48.1 Å². The lowest BCUT2D eigenvalue weighted by Gasteiger charge is -2.15. The summed E-state index contributed by atoms with van der Waals surface area (Å²) < 4.78 is 5.82. The quantitative estimate of drug-likeness (QED) is 0.806. The standard InChI is InChI=1S/C15H26N2O/c1-5-12(6-2)10-18-15-8-13(9-16)7-14(17-15)11(3)4/h7-8,11-12H,5-6,9-10,16H2,1-4H3. The minimum Gasteiger partial charge on any atom is -0.477 e. The van der Waals surface area contributed by atoms with Crippen LogP contribution in [0.5, 0.6) is 5.88 Å². The maximum atomic E-state index is 5.82. The Labute approximate surface area is 111 Å². The number of nitrogens with zero attached hydrogens (tertiary/aromatic N) is 1. The first-order valence-corrected chi connectivity index (χ1v) is 6.94. The van der Waals surface area contributed by atoms with Crippen molar-refractivity contribution in [2.45, 2.75) is 53.0 Å². The number of pyridine rings is 1. The van der Waals surface area contributed by atoms with Crippen LogP contribution in [0.4, 0.5) is 0 Å². The van der Waals surface area contributed by atoms with Crippen molar-refractivity contribution in [2.75, 3.05) is 6.61 Å². The minimum absolute atomic E-state index is 0.395. The smallest absolute Gasteiger partial charge is 0.213 e. The van der Waals surface area contributed by atoms with Gasteiger partial charge in [-0.3, -0.25) is 0 Å². The molecule has 102 valence electrons. The van der Waals surface area contributed by atoms with Crippen molar-refractivity contribution in [1.29, 1.82) is 0 Å². The van der Waals surface area contributed by atoms with Gasteiger partial charge in [0.15, 0.2) is 0 Å². The maximum Gasteiger partial charge on any atom is 0.213 e. The highest BCUT2D eigenvalue weighted by Crippen LogP contribution is 2.20. The van der Waals surface area contributed by atoms with Crippen LogP contribution in [-0.2, 0) is 6.54 Å². The van der Waals surface area contributed by atoms with Crippen molar-refractivity contribution in [3.05, 3.63) is 23.4 Å². The lowest BCUT2D eigenvalue weighted by Crippen LogP contribution is -2.12. The Morgan fingerprint density at radius 2 is 1.89 bits per heavy atom. The van der Waals surface area contributed by atoms with Crippen LogP contribution in [-0.4, -0.2) is 11.6 Å². The lowest BCUT2D eigenvalue weighted by atomic mass is 10.1. The second kappa shape index (κ2) is 7.37. The average Bonchev–Trinajstić information content (AvgIpc) is 2.39. The molecule has 1 rings (SSSR count). The van der Waals surface area contributed by atoms with Crippen molar-refractivity contribution in [1.82, 2.24) is 4.98 Å². The van der Waals surface area contributed by atoms with Gasteiger partial charge in [0.25, 0.3) is 0 Å². The summed E-state index contributed by atoms with van der Waals surface area (Å²) >= 11 is 0. The summed E-state index contributed by atoms with van der Waals surface area (Å²) in [5.41, 5.74) is 7.86. The van der Waals surface area contributed by atoms with Gasteiger partial charge < -0.3 is 10.5 Å². The highest BCUT2D eigenvalue weighted by Gasteiger charge is 2.09. The number of rotatable bonds is 7. The van der Waals surface area contributed by atoms with E-state index in [1.807, 2.05) is 6.07 Å². The molecule has 3 heteroatoms. The van der Waals surface area contributed by atoms with Gasteiger partial charge in [-0.1, -0.05) is 40.5 Å². The molecule has 1 heterocycles. The van der Waals surface area contributed by atoms with Gasteiger partial charge >= 0.3 is 0 Å². The van der Waals surface area contributed by atoms with E-state index in [0.717, 1.165) is 30.7 Å². The van der Waals surface area contributed by atoms with Gasteiger partial charge in [-0.25, -0.2) is 4.98 Å². The zero-order chi connectivity index (χ0) is 13.5. The molecule has 0 amide bonds. The van der Waals surface area contributed by atoms with E-state index in [2.05, 4.69) is 38.7 Å². The summed E-state index contributed by atoms with van der Waals surface area (Å²) in [4.78, 5) is 4.54. The van der Waals surface area contributed by atoms with Gasteiger partial charge in [-0.2, -0.15) is 0 Å². The fourth-order valence-electron chi connectivity index (χ4n) is 1.80. The summed E-state index contributed by atoms with van der Waals surface area (Å²) in [5.74, 6) is 1.72. The third-order valence-electron chi connectivity index (χ3n) is 3.33. The zero-order valence-corrected chi connectivity index (χ0v) is 12.1. The first-order chi connectivity index (χ1) is 8.60. The molecule has 0 aliphatic heterocycles. The molecule has 0 atom stereocenters. The SMILES string of the molecule is CCC(CC)COc1cc(CN)cc(C(C)C)n1. The van der Waals surface area contributed by atoms with E-state index in [1.54, 1.807) is 0 Å². The van der Waals surface area contributed by atoms with Gasteiger partial charge in [0.1, 0.15) is 0 Å². The average molecular weight is 250 g/mol. The maximum absolute atomic E-state index is 5.82. The molecule has 0 spiro atoms. The molecule has 2 N–H and O–H groups in total. The van der Waals surface area contributed by atoms with Crippen molar-refractivity contribution >= 4 is 0 Å². The molecule has 1 aromatic rings. The highest BCUT2D eigenvalue weighted by atomic mass is 16.5. The number of hydrogen-bond donors (Lipinski definition) is 1. The van der Waals surface area contributed by atoms with Crippen LogP contribution in [0.15, 0.2) is 12.1 Å². The molecule has 0 radical (unpaired) electrons. The minimum atomic E-state index is 0.395. The van der Waals surface area contributed by atoms with Crippen LogP contribution in [0.3, 0.4) is 0 Å². The van der Waals surface area contributed by atoms with Crippen molar-refractivity contribution in [3.8, 4) is 5.88 Å². The molecule has 0 saturated carbocycles. The van der Waals surface area contributed by atoms with E-state index in [4.69, 9.17) is 10.5 Å². The Hall–Kier alpha value is -1.09. The van der Waals surface area contributed by atoms with E-state index in [1.165, 1.54) is 0 Å². The Balaban J connectivity index is 2.78. The number of aromatic nitrogens is 1. The number of hydrogen-bond acceptors (Lipinski definition) is 3. The zero-order valence-electron chi connectivity index (χ0n) is 12.1. The molecule has 0 aliphatic rings. The number of ether oxygens (including phenoxy) is 1. The van der Waals surface area contributed by atoms with Crippen LogP contribution < -0.4 is 10.5 Å². The summed E-state index contributed by atoms with van der Waals surface area (Å²) in [7, 11) is 0. The predicted molar refractivity (Wildman–Crippen MR) is 75.8 cm³/mol. The Kier molecular flexibility index (Phi) is 6.13. The van der Waals surface area contributed by atoms with Crippen LogP contribution in [0.25, 0.3) is 0 Å². The molecule has 3 nitrogen and oxygen atoms in total. The van der Waals surface area contributed by atoms with Crippen molar-refractivity contribution in [2.24, 2.45) is 11.7 Å².